The van der Waals surface area contributed by atoms with Crippen LogP contribution in [-0.4, -0.2) is 46.9 Å². The van der Waals surface area contributed by atoms with Crippen LogP contribution in [-0.2, 0) is 4.79 Å². The van der Waals surface area contributed by atoms with Crippen LogP contribution >= 0.6 is 0 Å². The fraction of sp³-hybridized carbons (Fsp3) is 0.409. The highest BCUT2D eigenvalue weighted by Crippen LogP contribution is 2.32. The third kappa shape index (κ3) is 4.40. The summed E-state index contributed by atoms with van der Waals surface area (Å²) in [6, 6.07) is 11.1. The molecular formula is C22H26N4O3. The Hall–Kier alpha value is -2.93. The van der Waals surface area contributed by atoms with Crippen molar-refractivity contribution < 1.29 is 14.3 Å². The summed E-state index contributed by atoms with van der Waals surface area (Å²) in [6.45, 7) is 5.93. The minimum Gasteiger partial charge on any atom is -0.456 e. The lowest BCUT2D eigenvalue weighted by molar-refractivity contribution is -0.114. The van der Waals surface area contributed by atoms with Gasteiger partial charge >= 0.3 is 0 Å². The summed E-state index contributed by atoms with van der Waals surface area (Å²) in [6.07, 6.45) is 3.87. The first kappa shape index (κ1) is 19.4. The van der Waals surface area contributed by atoms with E-state index < -0.39 is 0 Å². The first-order valence-electron chi connectivity index (χ1n) is 10.1. The number of piperidine rings is 3. The maximum absolute atomic E-state index is 12.7. The molecule has 7 heteroatoms. The molecule has 1 aromatic carbocycles. The van der Waals surface area contributed by atoms with Gasteiger partial charge in [-0.3, -0.25) is 14.5 Å². The van der Waals surface area contributed by atoms with Gasteiger partial charge in [0.05, 0.1) is 6.20 Å². The number of carbonyl (C=O) groups is 2. The monoisotopic (exact) mass is 394 g/mol. The van der Waals surface area contributed by atoms with Crippen molar-refractivity contribution in [1.29, 1.82) is 0 Å². The van der Waals surface area contributed by atoms with Gasteiger partial charge in [-0.1, -0.05) is 0 Å². The van der Waals surface area contributed by atoms with E-state index >= 15 is 0 Å². The number of nitrogens with zero attached hydrogens (tertiary/aromatic N) is 2. The van der Waals surface area contributed by atoms with Crippen molar-refractivity contribution in [2.24, 2.45) is 5.92 Å². The zero-order valence-corrected chi connectivity index (χ0v) is 16.7. The van der Waals surface area contributed by atoms with Crippen molar-refractivity contribution >= 4 is 17.6 Å². The second-order valence-electron chi connectivity index (χ2n) is 7.80. The van der Waals surface area contributed by atoms with Gasteiger partial charge in [0, 0.05) is 24.6 Å². The molecule has 0 aliphatic carbocycles. The smallest absolute Gasteiger partial charge is 0.251 e. The average molecular weight is 394 g/mol. The number of pyridine rings is 1. The molecule has 3 aliphatic heterocycles. The number of ether oxygens (including phenoxy) is 1. The first-order valence-corrected chi connectivity index (χ1v) is 10.1. The summed E-state index contributed by atoms with van der Waals surface area (Å²) in [5.41, 5.74) is 0.625. The predicted molar refractivity (Wildman–Crippen MR) is 110 cm³/mol. The molecule has 29 heavy (non-hydrogen) atoms. The van der Waals surface area contributed by atoms with E-state index in [1.165, 1.54) is 6.92 Å². The van der Waals surface area contributed by atoms with Crippen LogP contribution in [0.3, 0.4) is 0 Å². The molecule has 2 bridgehead atoms. The average Bonchev–Trinajstić information content (AvgIpc) is 2.72. The lowest BCUT2D eigenvalue weighted by atomic mass is 9.79. The first-order chi connectivity index (χ1) is 14.0. The van der Waals surface area contributed by atoms with Crippen molar-refractivity contribution in [3.8, 4) is 11.5 Å². The normalized spacial score (nSPS) is 25.3. The third-order valence-electron chi connectivity index (χ3n) is 5.87. The second-order valence-corrected chi connectivity index (χ2v) is 7.80. The molecule has 5 rings (SSSR count). The Morgan fingerprint density at radius 2 is 1.76 bits per heavy atom. The van der Waals surface area contributed by atoms with Gasteiger partial charge < -0.3 is 15.4 Å². The molecule has 0 spiro atoms. The van der Waals surface area contributed by atoms with Crippen LogP contribution in [0.15, 0.2) is 42.6 Å². The van der Waals surface area contributed by atoms with Gasteiger partial charge in [-0.05, 0) is 75.2 Å². The van der Waals surface area contributed by atoms with Gasteiger partial charge in [0.2, 0.25) is 5.91 Å². The number of rotatable bonds is 5. The quantitative estimate of drug-likeness (QED) is 0.814. The lowest BCUT2D eigenvalue weighted by Crippen LogP contribution is -2.62. The van der Waals surface area contributed by atoms with Crippen molar-refractivity contribution in [1.82, 2.24) is 15.2 Å². The summed E-state index contributed by atoms with van der Waals surface area (Å²) in [7, 11) is 0. The van der Waals surface area contributed by atoms with Crippen molar-refractivity contribution in [3.63, 3.8) is 0 Å². The number of hydrogen-bond donors (Lipinski definition) is 2. The van der Waals surface area contributed by atoms with Crippen molar-refractivity contribution in [2.45, 2.75) is 38.8 Å². The van der Waals surface area contributed by atoms with Crippen LogP contribution in [0.25, 0.3) is 0 Å². The Morgan fingerprint density at radius 3 is 2.34 bits per heavy atom. The molecule has 0 saturated carbocycles. The summed E-state index contributed by atoms with van der Waals surface area (Å²) in [4.78, 5) is 30.3. The van der Waals surface area contributed by atoms with Crippen molar-refractivity contribution in [2.75, 3.05) is 18.4 Å². The zero-order chi connectivity index (χ0) is 20.4. The van der Waals surface area contributed by atoms with Crippen LogP contribution in [0.1, 0.15) is 37.0 Å². The molecule has 2 amide bonds. The van der Waals surface area contributed by atoms with Gasteiger partial charge in [0.15, 0.2) is 0 Å². The molecule has 0 radical (unpaired) electrons. The number of hydrogen-bond acceptors (Lipinski definition) is 5. The number of aromatic nitrogens is 1. The van der Waals surface area contributed by atoms with E-state index in [1.54, 1.807) is 42.6 Å². The Morgan fingerprint density at radius 1 is 1.07 bits per heavy atom. The Labute approximate surface area is 170 Å². The molecule has 3 fully saturated rings. The number of anilines is 1. The number of benzene rings is 1. The highest BCUT2D eigenvalue weighted by molar-refractivity contribution is 5.94. The number of carbonyl (C=O) groups excluding carboxylic acids is 2. The minimum absolute atomic E-state index is 0.0384. The van der Waals surface area contributed by atoms with E-state index in [9.17, 15) is 9.59 Å². The van der Waals surface area contributed by atoms with Gasteiger partial charge in [0.1, 0.15) is 17.3 Å². The van der Waals surface area contributed by atoms with Gasteiger partial charge in [-0.2, -0.15) is 0 Å². The van der Waals surface area contributed by atoms with E-state index in [2.05, 4.69) is 27.4 Å². The Bertz CT molecular complexity index is 872. The highest BCUT2D eigenvalue weighted by atomic mass is 16.5. The van der Waals surface area contributed by atoms with Gasteiger partial charge in [0.25, 0.3) is 5.91 Å². The largest absolute Gasteiger partial charge is 0.456 e. The topological polar surface area (TPSA) is 83.6 Å². The van der Waals surface area contributed by atoms with E-state index in [1.807, 2.05) is 0 Å². The molecule has 152 valence electrons. The summed E-state index contributed by atoms with van der Waals surface area (Å²) in [5, 5.41) is 5.85. The molecule has 1 aromatic heterocycles. The van der Waals surface area contributed by atoms with Crippen LogP contribution < -0.4 is 15.4 Å². The fourth-order valence-electron chi connectivity index (χ4n) is 4.29. The molecule has 3 aliphatic rings. The highest BCUT2D eigenvalue weighted by Gasteiger charge is 2.40. The van der Waals surface area contributed by atoms with Crippen LogP contribution in [0.2, 0.25) is 0 Å². The van der Waals surface area contributed by atoms with E-state index in [4.69, 9.17) is 4.74 Å². The van der Waals surface area contributed by atoms with Gasteiger partial charge in [-0.15, -0.1) is 0 Å². The predicted octanol–water partition coefficient (Wildman–Crippen LogP) is 3.04. The molecular weight excluding hydrogens is 368 g/mol. The zero-order valence-electron chi connectivity index (χ0n) is 16.7. The molecule has 0 unspecified atom stereocenters. The molecule has 2 atom stereocenters. The molecule has 2 aromatic rings. The summed E-state index contributed by atoms with van der Waals surface area (Å²) >= 11 is 0. The SMILES string of the molecule is CC(=O)Nc1ccc(Oc2ccc(C(=O)N[C@@H]3C4CCN(CC4)[C@@H]3C)cc2)cn1. The number of fused-ring (bicyclic) bond motifs is 3. The van der Waals surface area contributed by atoms with Crippen LogP contribution in [0.4, 0.5) is 5.82 Å². The van der Waals surface area contributed by atoms with Crippen LogP contribution in [0, 0.1) is 5.92 Å². The van der Waals surface area contributed by atoms with E-state index in [-0.39, 0.29) is 17.9 Å². The second kappa shape index (κ2) is 8.21. The maximum Gasteiger partial charge on any atom is 0.251 e. The molecule has 7 nitrogen and oxygen atoms in total. The molecule has 4 heterocycles. The standard InChI is InChI=1S/C22H26N4O3/c1-14-21(16-9-11-26(14)12-10-16)25-22(28)17-3-5-18(6-4-17)29-19-7-8-20(23-13-19)24-15(2)27/h3-8,13-14,16,21H,9-12H2,1-2H3,(H,25,28)(H,23,24,27)/t14-,21+/m1/s1. The van der Waals surface area contributed by atoms with E-state index in [0.29, 0.717) is 34.8 Å². The summed E-state index contributed by atoms with van der Waals surface area (Å²) < 4.78 is 5.77. The summed E-state index contributed by atoms with van der Waals surface area (Å²) in [5.74, 6) is 2.01. The Balaban J connectivity index is 1.36. The van der Waals surface area contributed by atoms with E-state index in [0.717, 1.165) is 25.9 Å². The third-order valence-corrected chi connectivity index (χ3v) is 5.87. The minimum atomic E-state index is -0.173. The number of nitrogens with one attached hydrogen (secondary N) is 2. The number of amides is 2. The molecule has 2 N–H and O–H groups in total. The Kier molecular flexibility index (Phi) is 5.49. The molecule has 3 saturated heterocycles. The van der Waals surface area contributed by atoms with Gasteiger partial charge in [-0.25, -0.2) is 4.98 Å². The van der Waals surface area contributed by atoms with Crippen LogP contribution in [0.5, 0.6) is 11.5 Å². The van der Waals surface area contributed by atoms with Crippen molar-refractivity contribution in [3.05, 3.63) is 48.2 Å². The fourth-order valence-corrected chi connectivity index (χ4v) is 4.29. The lowest BCUT2D eigenvalue weighted by Gasteiger charge is -2.49. The maximum atomic E-state index is 12.7.